The van der Waals surface area contributed by atoms with Crippen LogP contribution in [0, 0.1) is 5.82 Å². The van der Waals surface area contributed by atoms with Crippen molar-refractivity contribution in [3.63, 3.8) is 0 Å². The van der Waals surface area contributed by atoms with E-state index < -0.39 is 23.8 Å². The average Bonchev–Trinajstić information content (AvgIpc) is 2.55. The van der Waals surface area contributed by atoms with Gasteiger partial charge in [-0.05, 0) is 42.8 Å². The third-order valence-corrected chi connectivity index (χ3v) is 3.19. The third-order valence-electron chi connectivity index (χ3n) is 3.19. The van der Waals surface area contributed by atoms with Crippen molar-refractivity contribution in [2.75, 3.05) is 11.1 Å². The Bertz CT molecular complexity index is 701. The van der Waals surface area contributed by atoms with Crippen LogP contribution in [0.2, 0.25) is 0 Å². The van der Waals surface area contributed by atoms with E-state index in [2.05, 4.69) is 5.32 Å². The molecule has 23 heavy (non-hydrogen) atoms. The van der Waals surface area contributed by atoms with Crippen LogP contribution >= 0.6 is 0 Å². The summed E-state index contributed by atoms with van der Waals surface area (Å²) in [6.45, 7) is 1.70. The van der Waals surface area contributed by atoms with Crippen LogP contribution < -0.4 is 11.1 Å². The molecule has 0 heterocycles. The van der Waals surface area contributed by atoms with Crippen LogP contribution in [-0.4, -0.2) is 18.0 Å². The van der Waals surface area contributed by atoms with E-state index in [1.165, 1.54) is 30.3 Å². The lowest BCUT2D eigenvalue weighted by Crippen LogP contribution is -2.32. The first-order valence-corrected chi connectivity index (χ1v) is 7.13. The summed E-state index contributed by atoms with van der Waals surface area (Å²) in [5.74, 6) is -1.78. The number of benzene rings is 2. The fourth-order valence-electron chi connectivity index (χ4n) is 1.91. The number of halogens is 1. The minimum Gasteiger partial charge on any atom is -0.449 e. The van der Waals surface area contributed by atoms with Gasteiger partial charge in [0.1, 0.15) is 5.82 Å². The number of nitrogens with two attached hydrogens (primary N) is 1. The molecule has 0 aliphatic rings. The summed E-state index contributed by atoms with van der Waals surface area (Å²) in [6.07, 6.45) is -0.749. The molecule has 1 unspecified atom stereocenters. The van der Waals surface area contributed by atoms with Gasteiger partial charge in [-0.1, -0.05) is 19.1 Å². The van der Waals surface area contributed by atoms with Gasteiger partial charge in [-0.2, -0.15) is 0 Å². The number of para-hydroxylation sites is 1. The second kappa shape index (κ2) is 7.40. The quantitative estimate of drug-likeness (QED) is 0.656. The molecule has 0 spiro atoms. The highest BCUT2D eigenvalue weighted by Gasteiger charge is 2.22. The van der Waals surface area contributed by atoms with Gasteiger partial charge in [0.25, 0.3) is 5.91 Å². The smallest absolute Gasteiger partial charge is 0.338 e. The van der Waals surface area contributed by atoms with Gasteiger partial charge in [0.2, 0.25) is 0 Å². The Hall–Kier alpha value is -2.89. The van der Waals surface area contributed by atoms with Crippen LogP contribution in [0.4, 0.5) is 15.8 Å². The highest BCUT2D eigenvalue weighted by atomic mass is 19.1. The first-order chi connectivity index (χ1) is 11.0. The standard InChI is InChI=1S/C17H17FN2O3/c1-2-15(16(21)20-14-6-4-3-5-13(14)18)23-17(22)11-7-9-12(19)10-8-11/h3-10,15H,2,19H2,1H3,(H,20,21). The summed E-state index contributed by atoms with van der Waals surface area (Å²) < 4.78 is 18.7. The lowest BCUT2D eigenvalue weighted by molar-refractivity contribution is -0.124. The van der Waals surface area contributed by atoms with Crippen molar-refractivity contribution in [1.29, 1.82) is 0 Å². The van der Waals surface area contributed by atoms with E-state index >= 15 is 0 Å². The molecule has 0 aliphatic heterocycles. The monoisotopic (exact) mass is 316 g/mol. The predicted octanol–water partition coefficient (Wildman–Crippen LogP) is 2.98. The minimum absolute atomic E-state index is 0.0412. The molecule has 0 saturated heterocycles. The summed E-state index contributed by atoms with van der Waals surface area (Å²) in [5, 5.41) is 2.42. The largest absolute Gasteiger partial charge is 0.449 e. The Kier molecular flexibility index (Phi) is 5.30. The van der Waals surface area contributed by atoms with Gasteiger partial charge in [-0.15, -0.1) is 0 Å². The number of rotatable bonds is 5. The molecule has 0 aromatic heterocycles. The van der Waals surface area contributed by atoms with E-state index in [0.717, 1.165) is 0 Å². The fraction of sp³-hybridized carbons (Fsp3) is 0.176. The molecule has 2 aromatic carbocycles. The van der Waals surface area contributed by atoms with Gasteiger partial charge in [0, 0.05) is 5.69 Å². The Morgan fingerprint density at radius 1 is 1.17 bits per heavy atom. The maximum absolute atomic E-state index is 13.5. The maximum atomic E-state index is 13.5. The number of nitrogens with one attached hydrogen (secondary N) is 1. The van der Waals surface area contributed by atoms with E-state index in [0.29, 0.717) is 5.69 Å². The highest BCUT2D eigenvalue weighted by molar-refractivity contribution is 5.97. The molecule has 6 heteroatoms. The molecule has 2 aromatic rings. The molecule has 1 atom stereocenters. The average molecular weight is 316 g/mol. The molecule has 1 amide bonds. The first-order valence-electron chi connectivity index (χ1n) is 7.13. The molecule has 3 N–H and O–H groups in total. The third kappa shape index (κ3) is 4.29. The van der Waals surface area contributed by atoms with Gasteiger partial charge in [-0.25, -0.2) is 9.18 Å². The topological polar surface area (TPSA) is 81.4 Å². The number of hydrogen-bond acceptors (Lipinski definition) is 4. The first kappa shape index (κ1) is 16.5. The second-order valence-corrected chi connectivity index (χ2v) is 4.89. The van der Waals surface area contributed by atoms with Crippen molar-refractivity contribution < 1.29 is 18.7 Å². The van der Waals surface area contributed by atoms with E-state index in [9.17, 15) is 14.0 Å². The van der Waals surface area contributed by atoms with Crippen LogP contribution in [0.15, 0.2) is 48.5 Å². The van der Waals surface area contributed by atoms with Crippen molar-refractivity contribution in [1.82, 2.24) is 0 Å². The normalized spacial score (nSPS) is 11.6. The molecule has 0 bridgehead atoms. The van der Waals surface area contributed by atoms with Gasteiger partial charge in [0.05, 0.1) is 11.3 Å². The van der Waals surface area contributed by atoms with Crippen molar-refractivity contribution in [2.24, 2.45) is 0 Å². The van der Waals surface area contributed by atoms with Crippen molar-refractivity contribution in [3.05, 3.63) is 59.9 Å². The number of anilines is 2. The molecule has 0 aliphatic carbocycles. The number of amides is 1. The Morgan fingerprint density at radius 3 is 2.43 bits per heavy atom. The van der Waals surface area contributed by atoms with E-state index in [-0.39, 0.29) is 17.7 Å². The summed E-state index contributed by atoms with van der Waals surface area (Å²) in [6, 6.07) is 11.9. The molecule has 0 radical (unpaired) electrons. The van der Waals surface area contributed by atoms with Gasteiger partial charge in [-0.3, -0.25) is 4.79 Å². The molecule has 2 rings (SSSR count). The zero-order valence-electron chi connectivity index (χ0n) is 12.6. The number of carbonyl (C=O) groups excluding carboxylic acids is 2. The summed E-state index contributed by atoms with van der Waals surface area (Å²) in [4.78, 5) is 24.2. The Morgan fingerprint density at radius 2 is 1.83 bits per heavy atom. The van der Waals surface area contributed by atoms with Gasteiger partial charge in [0.15, 0.2) is 6.10 Å². The molecule has 120 valence electrons. The summed E-state index contributed by atoms with van der Waals surface area (Å²) >= 11 is 0. The lowest BCUT2D eigenvalue weighted by Gasteiger charge is -2.16. The molecule has 0 saturated carbocycles. The van der Waals surface area contributed by atoms with Crippen LogP contribution in [0.3, 0.4) is 0 Å². The second-order valence-electron chi connectivity index (χ2n) is 4.89. The molecular formula is C17H17FN2O3. The molecule has 0 fully saturated rings. The van der Waals surface area contributed by atoms with Crippen LogP contribution in [0.25, 0.3) is 0 Å². The lowest BCUT2D eigenvalue weighted by atomic mass is 10.2. The highest BCUT2D eigenvalue weighted by Crippen LogP contribution is 2.15. The predicted molar refractivity (Wildman–Crippen MR) is 85.4 cm³/mol. The number of carbonyl (C=O) groups is 2. The van der Waals surface area contributed by atoms with Crippen LogP contribution in [0.5, 0.6) is 0 Å². The SMILES string of the molecule is CCC(OC(=O)c1ccc(N)cc1)C(=O)Nc1ccccc1F. The summed E-state index contributed by atoms with van der Waals surface area (Å²) in [7, 11) is 0. The summed E-state index contributed by atoms with van der Waals surface area (Å²) in [5.41, 5.74) is 6.40. The van der Waals surface area contributed by atoms with Gasteiger partial charge >= 0.3 is 5.97 Å². The fourth-order valence-corrected chi connectivity index (χ4v) is 1.91. The number of esters is 1. The van der Waals surface area contributed by atoms with Gasteiger partial charge < -0.3 is 15.8 Å². The number of nitrogen functional groups attached to an aromatic ring is 1. The van der Waals surface area contributed by atoms with Crippen LogP contribution in [-0.2, 0) is 9.53 Å². The number of ether oxygens (including phenoxy) is 1. The maximum Gasteiger partial charge on any atom is 0.338 e. The van der Waals surface area contributed by atoms with Crippen molar-refractivity contribution in [2.45, 2.75) is 19.4 Å². The zero-order chi connectivity index (χ0) is 16.8. The van der Waals surface area contributed by atoms with E-state index in [1.54, 1.807) is 25.1 Å². The van der Waals surface area contributed by atoms with Crippen molar-refractivity contribution >= 4 is 23.3 Å². The van der Waals surface area contributed by atoms with Crippen LogP contribution in [0.1, 0.15) is 23.7 Å². The van der Waals surface area contributed by atoms with E-state index in [4.69, 9.17) is 10.5 Å². The zero-order valence-corrected chi connectivity index (χ0v) is 12.6. The minimum atomic E-state index is -1.01. The number of hydrogen-bond donors (Lipinski definition) is 2. The van der Waals surface area contributed by atoms with E-state index in [1.807, 2.05) is 0 Å². The van der Waals surface area contributed by atoms with Crippen molar-refractivity contribution in [3.8, 4) is 0 Å². The molecule has 5 nitrogen and oxygen atoms in total. The Labute approximate surface area is 133 Å². The molecular weight excluding hydrogens is 299 g/mol. The Balaban J connectivity index is 2.04.